The maximum atomic E-state index is 9.37. The number of aromatic hydroxyl groups is 1. The predicted molar refractivity (Wildman–Crippen MR) is 85.6 cm³/mol. The maximum absolute atomic E-state index is 9.37. The highest BCUT2D eigenvalue weighted by Crippen LogP contribution is 2.25. The normalized spacial score (nSPS) is 11.5. The number of aliphatic imine (C=N–C) groups is 1. The lowest BCUT2D eigenvalue weighted by Crippen LogP contribution is -2.30. The summed E-state index contributed by atoms with van der Waals surface area (Å²) in [5, 5.41) is 27.9. The first-order valence-corrected chi connectivity index (χ1v) is 6.56. The standard InChI is InChI=1S/C14H14BClN2O3/c1-8-6-10(19)3-5-13(8)18-14(16)11-7-9(15(20)21)2-4-12(11)17/h2-7,19-21H,17H2,1H3. The fourth-order valence-corrected chi connectivity index (χ4v) is 2.10. The number of nitrogens with zero attached hydrogens (tertiary/aromatic N) is 1. The number of nitrogens with two attached hydrogens (primary N) is 1. The van der Waals surface area contributed by atoms with E-state index in [4.69, 9.17) is 17.3 Å². The number of phenolic OH excluding ortho intramolecular Hbond substituents is 1. The van der Waals surface area contributed by atoms with Crippen LogP contribution in [0.5, 0.6) is 5.75 Å². The van der Waals surface area contributed by atoms with Crippen LogP contribution < -0.4 is 11.2 Å². The van der Waals surface area contributed by atoms with Crippen molar-refractivity contribution < 1.29 is 15.2 Å². The number of hydrogen-bond acceptors (Lipinski definition) is 5. The molecule has 0 saturated carbocycles. The first kappa shape index (κ1) is 15.4. The molecule has 2 rings (SSSR count). The number of phenols is 1. The molecular weight excluding hydrogens is 290 g/mol. The molecule has 0 unspecified atom stereocenters. The molecule has 108 valence electrons. The molecule has 0 aliphatic rings. The van der Waals surface area contributed by atoms with Gasteiger partial charge in [-0.2, -0.15) is 0 Å². The molecule has 2 aromatic carbocycles. The predicted octanol–water partition coefficient (Wildman–Crippen LogP) is 1.28. The van der Waals surface area contributed by atoms with Crippen LogP contribution in [0.4, 0.5) is 11.4 Å². The van der Waals surface area contributed by atoms with Gasteiger partial charge in [0.2, 0.25) is 0 Å². The van der Waals surface area contributed by atoms with Crippen molar-refractivity contribution in [2.24, 2.45) is 4.99 Å². The van der Waals surface area contributed by atoms with Gasteiger partial charge in [0.25, 0.3) is 0 Å². The van der Waals surface area contributed by atoms with E-state index in [2.05, 4.69) is 4.99 Å². The van der Waals surface area contributed by atoms with E-state index < -0.39 is 7.12 Å². The molecule has 2 aromatic rings. The van der Waals surface area contributed by atoms with Crippen LogP contribution in [0.15, 0.2) is 41.4 Å². The number of benzene rings is 2. The van der Waals surface area contributed by atoms with Crippen molar-refractivity contribution in [2.45, 2.75) is 6.92 Å². The summed E-state index contributed by atoms with van der Waals surface area (Å²) < 4.78 is 0. The Morgan fingerprint density at radius 2 is 1.90 bits per heavy atom. The third-order valence-corrected chi connectivity index (χ3v) is 3.28. The van der Waals surface area contributed by atoms with Crippen molar-refractivity contribution in [1.29, 1.82) is 0 Å². The zero-order valence-corrected chi connectivity index (χ0v) is 12.0. The van der Waals surface area contributed by atoms with E-state index in [1.54, 1.807) is 19.1 Å². The largest absolute Gasteiger partial charge is 0.508 e. The summed E-state index contributed by atoms with van der Waals surface area (Å²) in [7, 11) is -1.61. The summed E-state index contributed by atoms with van der Waals surface area (Å²) in [6.45, 7) is 1.79. The number of anilines is 1. The summed E-state index contributed by atoms with van der Waals surface area (Å²) in [6, 6.07) is 9.22. The zero-order chi connectivity index (χ0) is 15.6. The quantitative estimate of drug-likeness (QED) is 0.390. The van der Waals surface area contributed by atoms with Crippen LogP contribution in [0.25, 0.3) is 0 Å². The lowest BCUT2D eigenvalue weighted by molar-refractivity contribution is 0.426. The molecule has 0 atom stereocenters. The van der Waals surface area contributed by atoms with Gasteiger partial charge in [-0.1, -0.05) is 23.7 Å². The maximum Gasteiger partial charge on any atom is 0.488 e. The Bertz CT molecular complexity index is 705. The first-order chi connectivity index (χ1) is 9.88. The molecule has 0 aliphatic carbocycles. The van der Waals surface area contributed by atoms with Gasteiger partial charge in [0.05, 0.1) is 5.69 Å². The van der Waals surface area contributed by atoms with Crippen molar-refractivity contribution >= 4 is 40.7 Å². The Kier molecular flexibility index (Phi) is 4.52. The van der Waals surface area contributed by atoms with Crippen LogP contribution >= 0.6 is 11.6 Å². The van der Waals surface area contributed by atoms with Crippen molar-refractivity contribution in [2.75, 3.05) is 5.73 Å². The third-order valence-electron chi connectivity index (χ3n) is 3.00. The third kappa shape index (κ3) is 3.55. The highest BCUT2D eigenvalue weighted by molar-refractivity contribution is 6.70. The van der Waals surface area contributed by atoms with Gasteiger partial charge in [0.1, 0.15) is 10.9 Å². The van der Waals surface area contributed by atoms with E-state index in [0.717, 1.165) is 5.56 Å². The average molecular weight is 305 g/mol. The van der Waals surface area contributed by atoms with Gasteiger partial charge in [0, 0.05) is 11.3 Å². The molecule has 0 bridgehead atoms. The zero-order valence-electron chi connectivity index (χ0n) is 11.3. The number of aryl methyl sites for hydroxylation is 1. The Balaban J connectivity index is 2.45. The van der Waals surface area contributed by atoms with Crippen molar-refractivity contribution in [3.05, 3.63) is 47.5 Å². The van der Waals surface area contributed by atoms with Gasteiger partial charge in [-0.25, -0.2) is 4.99 Å². The van der Waals surface area contributed by atoms with Gasteiger partial charge in [-0.3, -0.25) is 0 Å². The second kappa shape index (κ2) is 6.18. The highest BCUT2D eigenvalue weighted by Gasteiger charge is 2.14. The van der Waals surface area contributed by atoms with E-state index in [1.807, 2.05) is 0 Å². The lowest BCUT2D eigenvalue weighted by atomic mass is 9.79. The lowest BCUT2D eigenvalue weighted by Gasteiger charge is -2.08. The van der Waals surface area contributed by atoms with Crippen molar-refractivity contribution in [1.82, 2.24) is 0 Å². The number of nitrogen functional groups attached to an aromatic ring is 1. The summed E-state index contributed by atoms with van der Waals surface area (Å²) in [4.78, 5) is 4.26. The molecule has 21 heavy (non-hydrogen) atoms. The molecule has 0 aromatic heterocycles. The molecular formula is C14H14BClN2O3. The Morgan fingerprint density at radius 3 is 2.52 bits per heavy atom. The van der Waals surface area contributed by atoms with Gasteiger partial charge in [-0.15, -0.1) is 0 Å². The molecule has 0 radical (unpaired) electrons. The van der Waals surface area contributed by atoms with Crippen LogP contribution in [0.1, 0.15) is 11.1 Å². The Hall–Kier alpha value is -2.02. The first-order valence-electron chi connectivity index (χ1n) is 6.18. The molecule has 5 nitrogen and oxygen atoms in total. The smallest absolute Gasteiger partial charge is 0.488 e. The van der Waals surface area contributed by atoms with E-state index in [1.165, 1.54) is 24.3 Å². The second-order valence-electron chi connectivity index (χ2n) is 4.59. The monoisotopic (exact) mass is 304 g/mol. The SMILES string of the molecule is Cc1cc(O)ccc1N=C(Cl)c1cc(B(O)O)ccc1N. The van der Waals surface area contributed by atoms with E-state index in [-0.39, 0.29) is 16.4 Å². The molecule has 5 N–H and O–H groups in total. The van der Waals surface area contributed by atoms with Crippen LogP contribution in [0.2, 0.25) is 0 Å². The summed E-state index contributed by atoms with van der Waals surface area (Å²) in [5.74, 6) is 0.146. The fraction of sp³-hybridized carbons (Fsp3) is 0.0714. The molecule has 0 saturated heterocycles. The van der Waals surface area contributed by atoms with Crippen LogP contribution in [-0.2, 0) is 0 Å². The van der Waals surface area contributed by atoms with E-state index >= 15 is 0 Å². The summed E-state index contributed by atoms with van der Waals surface area (Å²) >= 11 is 6.18. The number of rotatable bonds is 3. The van der Waals surface area contributed by atoms with Crippen molar-refractivity contribution in [3.8, 4) is 5.75 Å². The van der Waals surface area contributed by atoms with Gasteiger partial charge in [-0.05, 0) is 42.2 Å². The van der Waals surface area contributed by atoms with Crippen LogP contribution in [-0.4, -0.2) is 27.4 Å². The van der Waals surface area contributed by atoms with E-state index in [0.29, 0.717) is 16.9 Å². The van der Waals surface area contributed by atoms with Crippen molar-refractivity contribution in [3.63, 3.8) is 0 Å². The van der Waals surface area contributed by atoms with E-state index in [9.17, 15) is 15.2 Å². The van der Waals surface area contributed by atoms with Gasteiger partial charge >= 0.3 is 7.12 Å². The molecule has 0 heterocycles. The Labute approximate surface area is 127 Å². The van der Waals surface area contributed by atoms with Crippen LogP contribution in [0.3, 0.4) is 0 Å². The minimum absolute atomic E-state index is 0.129. The topological polar surface area (TPSA) is 99.1 Å². The molecule has 0 fully saturated rings. The molecule has 7 heteroatoms. The Morgan fingerprint density at radius 1 is 1.19 bits per heavy atom. The van der Waals surface area contributed by atoms with Gasteiger partial charge in [0.15, 0.2) is 0 Å². The average Bonchev–Trinajstić information content (AvgIpc) is 2.42. The van der Waals surface area contributed by atoms with Gasteiger partial charge < -0.3 is 20.9 Å². The number of halogens is 1. The highest BCUT2D eigenvalue weighted by atomic mass is 35.5. The van der Waals surface area contributed by atoms with Crippen LogP contribution in [0, 0.1) is 6.92 Å². The molecule has 0 aliphatic heterocycles. The number of hydrogen-bond donors (Lipinski definition) is 4. The summed E-state index contributed by atoms with van der Waals surface area (Å²) in [5.41, 5.74) is 8.25. The molecule has 0 spiro atoms. The second-order valence-corrected chi connectivity index (χ2v) is 4.95. The minimum atomic E-state index is -1.61. The summed E-state index contributed by atoms with van der Waals surface area (Å²) in [6.07, 6.45) is 0. The minimum Gasteiger partial charge on any atom is -0.508 e. The fourth-order valence-electron chi connectivity index (χ4n) is 1.84. The molecule has 0 amide bonds.